The van der Waals surface area contributed by atoms with E-state index in [9.17, 15) is 4.79 Å². The summed E-state index contributed by atoms with van der Waals surface area (Å²) < 4.78 is 0. The highest BCUT2D eigenvalue weighted by Gasteiger charge is 2.24. The summed E-state index contributed by atoms with van der Waals surface area (Å²) in [5.74, 6) is 1.79. The summed E-state index contributed by atoms with van der Waals surface area (Å²) in [6.07, 6.45) is 12.0. The third-order valence-corrected chi connectivity index (χ3v) is 6.22. The van der Waals surface area contributed by atoms with E-state index in [-0.39, 0.29) is 11.9 Å². The molecule has 0 unspecified atom stereocenters. The maximum absolute atomic E-state index is 12.3. The summed E-state index contributed by atoms with van der Waals surface area (Å²) in [5, 5.41) is 6.72. The third kappa shape index (κ3) is 5.63. The summed E-state index contributed by atoms with van der Waals surface area (Å²) in [7, 11) is 4.11. The van der Waals surface area contributed by atoms with Crippen molar-refractivity contribution in [2.75, 3.05) is 24.3 Å². The van der Waals surface area contributed by atoms with Crippen LogP contribution in [0.15, 0.2) is 36.4 Å². The lowest BCUT2D eigenvalue weighted by atomic mass is 9.91. The minimum absolute atomic E-state index is 0.0195. The smallest absolute Gasteiger partial charge is 0.244 e. The van der Waals surface area contributed by atoms with Crippen LogP contribution in [0.3, 0.4) is 0 Å². The van der Waals surface area contributed by atoms with Crippen molar-refractivity contribution in [3.8, 4) is 0 Å². The van der Waals surface area contributed by atoms with Crippen molar-refractivity contribution in [3.63, 3.8) is 0 Å². The minimum Gasteiger partial charge on any atom is -0.362 e. The fourth-order valence-corrected chi connectivity index (χ4v) is 4.56. The molecule has 1 heterocycles. The van der Waals surface area contributed by atoms with Gasteiger partial charge in [-0.15, -0.1) is 0 Å². The molecule has 0 radical (unpaired) electrons. The summed E-state index contributed by atoms with van der Waals surface area (Å²) >= 11 is 0. The zero-order chi connectivity index (χ0) is 21.6. The molecule has 4 rings (SSSR count). The number of aryl methyl sites for hydroxylation is 1. The van der Waals surface area contributed by atoms with Crippen LogP contribution in [0.5, 0.6) is 0 Å². The molecule has 1 aromatic heterocycles. The maximum Gasteiger partial charge on any atom is 0.244 e. The topological polar surface area (TPSA) is 70.2 Å². The number of benzene rings is 1. The SMILES string of the molecule is CN(C)c1nc(NC2CCC(NC(=O)/C=C/c3ccccc3)CC2)nc2c1CCCC2. The predicted molar refractivity (Wildman–Crippen MR) is 126 cm³/mol. The Kier molecular flexibility index (Phi) is 6.85. The van der Waals surface area contributed by atoms with Gasteiger partial charge in [0.2, 0.25) is 11.9 Å². The van der Waals surface area contributed by atoms with Crippen molar-refractivity contribution in [2.45, 2.75) is 63.5 Å². The lowest BCUT2D eigenvalue weighted by Crippen LogP contribution is -2.39. The molecule has 1 aromatic carbocycles. The number of nitrogens with zero attached hydrogens (tertiary/aromatic N) is 3. The summed E-state index contributed by atoms with van der Waals surface area (Å²) in [6, 6.07) is 10.5. The fourth-order valence-electron chi connectivity index (χ4n) is 4.56. The van der Waals surface area contributed by atoms with Crippen molar-refractivity contribution in [1.29, 1.82) is 0 Å². The van der Waals surface area contributed by atoms with Gasteiger partial charge in [0, 0.05) is 37.8 Å². The van der Waals surface area contributed by atoms with Gasteiger partial charge in [-0.2, -0.15) is 4.98 Å². The molecule has 164 valence electrons. The van der Waals surface area contributed by atoms with Gasteiger partial charge in [0.1, 0.15) is 5.82 Å². The van der Waals surface area contributed by atoms with Crippen LogP contribution in [0, 0.1) is 0 Å². The Morgan fingerprint density at radius 1 is 1.00 bits per heavy atom. The maximum atomic E-state index is 12.3. The molecule has 0 atom stereocenters. The number of rotatable bonds is 6. The molecule has 31 heavy (non-hydrogen) atoms. The molecular weight excluding hydrogens is 386 g/mol. The number of aromatic nitrogens is 2. The molecule has 2 aliphatic rings. The van der Waals surface area contributed by atoms with Gasteiger partial charge in [0.15, 0.2) is 0 Å². The van der Waals surface area contributed by atoms with E-state index in [1.807, 2.05) is 36.4 Å². The molecule has 0 bridgehead atoms. The molecule has 2 N–H and O–H groups in total. The van der Waals surface area contributed by atoms with Crippen molar-refractivity contribution in [1.82, 2.24) is 15.3 Å². The van der Waals surface area contributed by atoms with Crippen molar-refractivity contribution >= 4 is 23.7 Å². The highest BCUT2D eigenvalue weighted by molar-refractivity contribution is 5.91. The second-order valence-electron chi connectivity index (χ2n) is 8.84. The first-order valence-electron chi connectivity index (χ1n) is 11.5. The Morgan fingerprint density at radius 3 is 2.45 bits per heavy atom. The van der Waals surface area contributed by atoms with Crippen LogP contribution in [0.2, 0.25) is 0 Å². The molecule has 0 spiro atoms. The molecule has 1 fully saturated rings. The summed E-state index contributed by atoms with van der Waals surface area (Å²) in [5.41, 5.74) is 3.56. The van der Waals surface area contributed by atoms with Crippen molar-refractivity contribution < 1.29 is 4.79 Å². The number of nitrogens with one attached hydrogen (secondary N) is 2. The van der Waals surface area contributed by atoms with Gasteiger partial charge in [0.25, 0.3) is 0 Å². The van der Waals surface area contributed by atoms with Crippen molar-refractivity contribution in [3.05, 3.63) is 53.2 Å². The lowest BCUT2D eigenvalue weighted by Gasteiger charge is -2.30. The van der Waals surface area contributed by atoms with E-state index in [4.69, 9.17) is 9.97 Å². The first-order chi connectivity index (χ1) is 15.1. The van der Waals surface area contributed by atoms with Gasteiger partial charge in [-0.3, -0.25) is 4.79 Å². The number of carbonyl (C=O) groups excluding carboxylic acids is 1. The molecule has 6 heteroatoms. The Bertz CT molecular complexity index is 917. The van der Waals surface area contributed by atoms with Gasteiger partial charge >= 0.3 is 0 Å². The number of hydrogen-bond donors (Lipinski definition) is 2. The van der Waals surface area contributed by atoms with E-state index in [1.54, 1.807) is 6.08 Å². The molecular formula is C25H33N5O. The van der Waals surface area contributed by atoms with Gasteiger partial charge in [-0.25, -0.2) is 4.98 Å². The van der Waals surface area contributed by atoms with Crippen molar-refractivity contribution in [2.24, 2.45) is 0 Å². The van der Waals surface area contributed by atoms with E-state index in [0.717, 1.165) is 55.9 Å². The van der Waals surface area contributed by atoms with E-state index >= 15 is 0 Å². The molecule has 0 saturated heterocycles. The first-order valence-corrected chi connectivity index (χ1v) is 11.5. The monoisotopic (exact) mass is 419 g/mol. The quantitative estimate of drug-likeness (QED) is 0.693. The number of carbonyl (C=O) groups is 1. The highest BCUT2D eigenvalue weighted by atomic mass is 16.1. The van der Waals surface area contributed by atoms with E-state index in [2.05, 4.69) is 29.6 Å². The molecule has 0 aliphatic heterocycles. The number of fused-ring (bicyclic) bond motifs is 1. The largest absolute Gasteiger partial charge is 0.362 e. The van der Waals surface area contributed by atoms with Crippen LogP contribution in [-0.2, 0) is 17.6 Å². The van der Waals surface area contributed by atoms with Crippen LogP contribution < -0.4 is 15.5 Å². The van der Waals surface area contributed by atoms with E-state index in [0.29, 0.717) is 6.04 Å². The van der Waals surface area contributed by atoms with Crippen LogP contribution >= 0.6 is 0 Å². The zero-order valence-corrected chi connectivity index (χ0v) is 18.6. The lowest BCUT2D eigenvalue weighted by molar-refractivity contribution is -0.117. The zero-order valence-electron chi connectivity index (χ0n) is 18.6. The number of amides is 1. The molecule has 6 nitrogen and oxygen atoms in total. The second-order valence-corrected chi connectivity index (χ2v) is 8.84. The van der Waals surface area contributed by atoms with Gasteiger partial charge < -0.3 is 15.5 Å². The van der Waals surface area contributed by atoms with E-state index in [1.165, 1.54) is 24.1 Å². The minimum atomic E-state index is -0.0195. The molecule has 2 aromatic rings. The van der Waals surface area contributed by atoms with E-state index < -0.39 is 0 Å². The average molecular weight is 420 g/mol. The van der Waals surface area contributed by atoms with Crippen LogP contribution in [-0.4, -0.2) is 42.1 Å². The number of hydrogen-bond acceptors (Lipinski definition) is 5. The molecule has 2 aliphatic carbocycles. The third-order valence-electron chi connectivity index (χ3n) is 6.22. The Labute approximate surface area is 185 Å². The van der Waals surface area contributed by atoms with Gasteiger partial charge in [-0.1, -0.05) is 30.3 Å². The Morgan fingerprint density at radius 2 is 1.71 bits per heavy atom. The predicted octanol–water partition coefficient (Wildman–Crippen LogP) is 3.97. The van der Waals surface area contributed by atoms with Crippen LogP contribution in [0.1, 0.15) is 55.3 Å². The first kappa shape index (κ1) is 21.3. The Hall–Kier alpha value is -2.89. The van der Waals surface area contributed by atoms with Crippen LogP contribution in [0.25, 0.3) is 6.08 Å². The fraction of sp³-hybridized carbons (Fsp3) is 0.480. The van der Waals surface area contributed by atoms with Crippen LogP contribution in [0.4, 0.5) is 11.8 Å². The Balaban J connectivity index is 1.30. The molecule has 1 amide bonds. The van der Waals surface area contributed by atoms with Gasteiger partial charge in [-0.05, 0) is 63.0 Å². The highest BCUT2D eigenvalue weighted by Crippen LogP contribution is 2.29. The molecule has 1 saturated carbocycles. The summed E-state index contributed by atoms with van der Waals surface area (Å²) in [6.45, 7) is 0. The normalized spacial score (nSPS) is 20.8. The number of anilines is 2. The standard InChI is InChI=1S/C25H33N5O/c1-30(2)24-21-10-6-7-11-22(21)28-25(29-24)27-20-15-13-19(14-16-20)26-23(31)17-12-18-8-4-3-5-9-18/h3-5,8-9,12,17,19-20H,6-7,10-11,13-16H2,1-2H3,(H,26,31)(H,27,28,29)/b17-12+. The summed E-state index contributed by atoms with van der Waals surface area (Å²) in [4.78, 5) is 24.0. The average Bonchev–Trinajstić information content (AvgIpc) is 2.79. The van der Waals surface area contributed by atoms with Gasteiger partial charge in [0.05, 0.1) is 5.69 Å². The second kappa shape index (κ2) is 9.94.